The Morgan fingerprint density at radius 3 is 2.52 bits per heavy atom. The van der Waals surface area contributed by atoms with Crippen LogP contribution in [0.1, 0.15) is 53.1 Å². The van der Waals surface area contributed by atoms with Gasteiger partial charge in [0.05, 0.1) is 6.04 Å². The van der Waals surface area contributed by atoms with Crippen LogP contribution in [0, 0.1) is 5.41 Å². The van der Waals surface area contributed by atoms with Crippen LogP contribution in [0.2, 0.25) is 0 Å². The van der Waals surface area contributed by atoms with E-state index in [1.165, 1.54) is 22.4 Å². The number of pyridine rings is 1. The molecular formula is C22H22N2O4S. The summed E-state index contributed by atoms with van der Waals surface area (Å²) in [7, 11) is 0. The highest BCUT2D eigenvalue weighted by Gasteiger charge is 2.35. The molecule has 2 heterocycles. The minimum Gasteiger partial charge on any atom is -0.341 e. The maximum atomic E-state index is 13.4. The Labute approximate surface area is 172 Å². The van der Waals surface area contributed by atoms with Crippen LogP contribution in [0.3, 0.4) is 0 Å². The molecule has 0 saturated carbocycles. The summed E-state index contributed by atoms with van der Waals surface area (Å²) in [6.07, 6.45) is 1.45. The first-order valence-electron chi connectivity index (χ1n) is 9.62. The number of benzene rings is 1. The average molecular weight is 410 g/mol. The fourth-order valence-corrected chi connectivity index (χ4v) is 4.92. The maximum Gasteiger partial charge on any atom is 0.268 e. The summed E-state index contributed by atoms with van der Waals surface area (Å²) in [6.45, 7) is 4.00. The highest BCUT2D eigenvalue weighted by molar-refractivity contribution is 8.14. The SMILES string of the molecule is CC1(C)CC(=O)c2cc(C(=O)N[C@@H]3CCSC3=O)c(=O)n(-c3ccccc3)c2C1. The van der Waals surface area contributed by atoms with Gasteiger partial charge in [-0.15, -0.1) is 0 Å². The maximum absolute atomic E-state index is 13.4. The summed E-state index contributed by atoms with van der Waals surface area (Å²) in [5.41, 5.74) is 0.795. The van der Waals surface area contributed by atoms with E-state index >= 15 is 0 Å². The van der Waals surface area contributed by atoms with E-state index in [4.69, 9.17) is 0 Å². The second-order valence-electron chi connectivity index (χ2n) is 8.32. The number of amides is 1. The van der Waals surface area contributed by atoms with Crippen LogP contribution in [-0.4, -0.2) is 33.2 Å². The zero-order valence-electron chi connectivity index (χ0n) is 16.4. The lowest BCUT2D eigenvalue weighted by Crippen LogP contribution is -2.42. The van der Waals surface area contributed by atoms with E-state index < -0.39 is 17.5 Å². The van der Waals surface area contributed by atoms with Gasteiger partial charge >= 0.3 is 0 Å². The predicted molar refractivity (Wildman–Crippen MR) is 112 cm³/mol. The van der Waals surface area contributed by atoms with Gasteiger partial charge in [-0.25, -0.2) is 0 Å². The van der Waals surface area contributed by atoms with Gasteiger partial charge in [0.15, 0.2) is 5.78 Å². The van der Waals surface area contributed by atoms with Crippen molar-refractivity contribution in [1.29, 1.82) is 0 Å². The molecule has 29 heavy (non-hydrogen) atoms. The molecule has 2 aliphatic rings. The number of aromatic nitrogens is 1. The van der Waals surface area contributed by atoms with Crippen LogP contribution in [0.15, 0.2) is 41.2 Å². The number of carbonyl (C=O) groups is 3. The molecule has 1 aromatic carbocycles. The molecule has 7 heteroatoms. The summed E-state index contributed by atoms with van der Waals surface area (Å²) in [4.78, 5) is 51.0. The molecule has 0 unspecified atom stereocenters. The average Bonchev–Trinajstić information content (AvgIpc) is 3.05. The van der Waals surface area contributed by atoms with Gasteiger partial charge in [0.25, 0.3) is 11.5 Å². The van der Waals surface area contributed by atoms with Crippen molar-refractivity contribution in [2.75, 3.05) is 5.75 Å². The molecule has 0 spiro atoms. The zero-order chi connectivity index (χ0) is 20.8. The van der Waals surface area contributed by atoms with Crippen molar-refractivity contribution in [2.24, 2.45) is 5.41 Å². The monoisotopic (exact) mass is 410 g/mol. The molecule has 0 bridgehead atoms. The third-order valence-electron chi connectivity index (χ3n) is 5.39. The number of hydrogen-bond acceptors (Lipinski definition) is 5. The largest absolute Gasteiger partial charge is 0.341 e. The number of ketones is 1. The van der Waals surface area contributed by atoms with E-state index in [0.29, 0.717) is 42.0 Å². The van der Waals surface area contributed by atoms with Crippen LogP contribution >= 0.6 is 11.8 Å². The molecule has 1 N–H and O–H groups in total. The molecule has 1 aliphatic carbocycles. The van der Waals surface area contributed by atoms with Crippen molar-refractivity contribution in [2.45, 2.75) is 39.2 Å². The molecule has 6 nitrogen and oxygen atoms in total. The van der Waals surface area contributed by atoms with Crippen LogP contribution < -0.4 is 10.9 Å². The Balaban J connectivity index is 1.87. The van der Waals surface area contributed by atoms with Gasteiger partial charge in [0.1, 0.15) is 5.56 Å². The van der Waals surface area contributed by atoms with Crippen molar-refractivity contribution in [3.05, 3.63) is 63.6 Å². The second kappa shape index (κ2) is 7.30. The molecule has 1 saturated heterocycles. The molecule has 1 atom stereocenters. The number of rotatable bonds is 3. The number of thioether (sulfide) groups is 1. The first-order valence-corrected chi connectivity index (χ1v) is 10.6. The topological polar surface area (TPSA) is 85.2 Å². The number of Topliss-reactive ketones (excluding diaryl/α,β-unsaturated/α-hetero) is 1. The number of carbonyl (C=O) groups excluding carboxylic acids is 3. The van der Waals surface area contributed by atoms with Gasteiger partial charge in [0, 0.05) is 29.1 Å². The van der Waals surface area contributed by atoms with Crippen LogP contribution in [0.4, 0.5) is 0 Å². The van der Waals surface area contributed by atoms with Crippen molar-refractivity contribution in [3.8, 4) is 5.69 Å². The first kappa shape index (κ1) is 19.6. The molecule has 1 fully saturated rings. The fourth-order valence-electron chi connectivity index (χ4n) is 3.99. The van der Waals surface area contributed by atoms with Crippen molar-refractivity contribution < 1.29 is 14.4 Å². The summed E-state index contributed by atoms with van der Waals surface area (Å²) >= 11 is 1.18. The fraction of sp³-hybridized carbons (Fsp3) is 0.364. The zero-order valence-corrected chi connectivity index (χ0v) is 17.2. The number of fused-ring (bicyclic) bond motifs is 1. The lowest BCUT2D eigenvalue weighted by Gasteiger charge is -2.32. The van der Waals surface area contributed by atoms with E-state index in [1.807, 2.05) is 32.0 Å². The Morgan fingerprint density at radius 1 is 1.14 bits per heavy atom. The number of nitrogens with zero attached hydrogens (tertiary/aromatic N) is 1. The lowest BCUT2D eigenvalue weighted by atomic mass is 9.75. The minimum absolute atomic E-state index is 0.0810. The van der Waals surface area contributed by atoms with Crippen molar-refractivity contribution in [1.82, 2.24) is 9.88 Å². The van der Waals surface area contributed by atoms with Gasteiger partial charge in [-0.1, -0.05) is 43.8 Å². The highest BCUT2D eigenvalue weighted by atomic mass is 32.2. The Kier molecular flexibility index (Phi) is 4.94. The van der Waals surface area contributed by atoms with Crippen LogP contribution in [0.5, 0.6) is 0 Å². The van der Waals surface area contributed by atoms with Crippen molar-refractivity contribution in [3.63, 3.8) is 0 Å². The molecule has 2 aromatic rings. The van der Waals surface area contributed by atoms with E-state index in [-0.39, 0.29) is 21.9 Å². The molecular weight excluding hydrogens is 388 g/mol. The molecule has 1 aliphatic heterocycles. The predicted octanol–water partition coefficient (Wildman–Crippen LogP) is 2.75. The normalized spacial score (nSPS) is 20.4. The Hall–Kier alpha value is -2.67. The van der Waals surface area contributed by atoms with Gasteiger partial charge in [-0.05, 0) is 36.5 Å². The third-order valence-corrected chi connectivity index (χ3v) is 6.40. The summed E-state index contributed by atoms with van der Waals surface area (Å²) in [5.74, 6) is -0.0427. The smallest absolute Gasteiger partial charge is 0.268 e. The summed E-state index contributed by atoms with van der Waals surface area (Å²) < 4.78 is 1.48. The number of para-hydroxylation sites is 1. The molecule has 150 valence electrons. The van der Waals surface area contributed by atoms with E-state index in [9.17, 15) is 19.2 Å². The number of hydrogen-bond donors (Lipinski definition) is 1. The van der Waals surface area contributed by atoms with Crippen molar-refractivity contribution >= 4 is 28.6 Å². The third kappa shape index (κ3) is 3.67. The summed E-state index contributed by atoms with van der Waals surface area (Å²) in [5, 5.41) is 2.57. The van der Waals surface area contributed by atoms with Gasteiger partial charge in [0.2, 0.25) is 5.12 Å². The minimum atomic E-state index is -0.610. The van der Waals surface area contributed by atoms with Gasteiger partial charge in [-0.2, -0.15) is 0 Å². The second-order valence-corrected chi connectivity index (χ2v) is 9.42. The van der Waals surface area contributed by atoms with Gasteiger partial charge < -0.3 is 5.32 Å². The molecule has 4 rings (SSSR count). The van der Waals surface area contributed by atoms with E-state index in [0.717, 1.165) is 0 Å². The molecule has 1 amide bonds. The first-order chi connectivity index (χ1) is 13.8. The van der Waals surface area contributed by atoms with Crippen LogP contribution in [0.25, 0.3) is 5.69 Å². The molecule has 0 radical (unpaired) electrons. The van der Waals surface area contributed by atoms with E-state index in [2.05, 4.69) is 5.32 Å². The Bertz CT molecular complexity index is 1070. The van der Waals surface area contributed by atoms with Crippen LogP contribution in [-0.2, 0) is 11.2 Å². The lowest BCUT2D eigenvalue weighted by molar-refractivity contribution is -0.112. The number of nitrogens with one attached hydrogen (secondary N) is 1. The standard InChI is InChI=1S/C22H22N2O4S/c1-22(2)11-17-14(18(25)12-22)10-15(19(26)23-16-8-9-29-21(16)28)20(27)24(17)13-6-4-3-5-7-13/h3-7,10,16H,8-9,11-12H2,1-2H3,(H,23,26)/t16-/m1/s1. The quantitative estimate of drug-likeness (QED) is 0.841. The molecule has 1 aromatic heterocycles. The van der Waals surface area contributed by atoms with Gasteiger partial charge in [-0.3, -0.25) is 23.7 Å². The highest BCUT2D eigenvalue weighted by Crippen LogP contribution is 2.35. The summed E-state index contributed by atoms with van der Waals surface area (Å²) in [6, 6.07) is 9.85. The Morgan fingerprint density at radius 2 is 1.86 bits per heavy atom. The van der Waals surface area contributed by atoms with E-state index in [1.54, 1.807) is 12.1 Å².